The van der Waals surface area contributed by atoms with Crippen LogP contribution in [0.4, 0.5) is 0 Å². The Bertz CT molecular complexity index is 3460. The molecule has 1 unspecified atom stereocenters. The molecule has 0 aliphatic carbocycles. The topological polar surface area (TPSA) is 85.6 Å². The van der Waals surface area contributed by atoms with E-state index in [1.54, 1.807) is 0 Å². The number of aromatic nitrogens is 4. The van der Waals surface area contributed by atoms with Crippen LogP contribution in [0.2, 0.25) is 0 Å². The maximum atomic E-state index is 13.1. The molecule has 7 heteroatoms. The van der Waals surface area contributed by atoms with Gasteiger partial charge in [0.15, 0.2) is 11.5 Å². The minimum absolute atomic E-state index is 0.265. The lowest BCUT2D eigenvalue weighted by Gasteiger charge is -2.13. The van der Waals surface area contributed by atoms with Gasteiger partial charge in [0.2, 0.25) is 0 Å². The monoisotopic (exact) mass is 847 g/mol. The summed E-state index contributed by atoms with van der Waals surface area (Å²) in [5.41, 5.74) is 16.4. The van der Waals surface area contributed by atoms with Gasteiger partial charge in [-0.15, -0.1) is 0 Å². The Kier molecular flexibility index (Phi) is 12.5. The lowest BCUT2D eigenvalue weighted by Crippen LogP contribution is -2.19. The fourth-order valence-corrected chi connectivity index (χ4v) is 8.56. The number of allylic oxidation sites excluding steroid dienone is 1. The quantitative estimate of drug-likeness (QED) is 0.123. The first-order valence-electron chi connectivity index (χ1n) is 22.6. The predicted octanol–water partition coefficient (Wildman–Crippen LogP) is 14.5. The van der Waals surface area contributed by atoms with Gasteiger partial charge in [0.1, 0.15) is 23.2 Å². The molecule has 0 fully saturated rings. The molecule has 65 heavy (non-hydrogen) atoms. The summed E-state index contributed by atoms with van der Waals surface area (Å²) in [6.45, 7) is 8.00. The van der Waals surface area contributed by atoms with E-state index in [0.29, 0.717) is 11.5 Å². The Morgan fingerprint density at radius 2 is 1.28 bits per heavy atom. The van der Waals surface area contributed by atoms with Crippen LogP contribution in [0.15, 0.2) is 202 Å². The Hall–Kier alpha value is -7.99. The van der Waals surface area contributed by atoms with Crippen molar-refractivity contribution in [2.24, 2.45) is 4.99 Å². The molecule has 1 aliphatic rings. The normalized spacial score (nSPS) is 13.8. The van der Waals surface area contributed by atoms with Gasteiger partial charge in [0.05, 0.1) is 5.52 Å². The van der Waals surface area contributed by atoms with Crippen molar-refractivity contribution >= 4 is 49.9 Å². The van der Waals surface area contributed by atoms with Gasteiger partial charge >= 0.3 is 5.69 Å². The molecule has 0 radical (unpaired) electrons. The molecule has 0 spiro atoms. The molecule has 0 amide bonds. The highest BCUT2D eigenvalue weighted by Gasteiger charge is 2.18. The number of aliphatic imine (C=N–C) groups is 1. The van der Waals surface area contributed by atoms with E-state index < -0.39 is 5.69 Å². The van der Waals surface area contributed by atoms with Crippen LogP contribution in [-0.2, 0) is 0 Å². The summed E-state index contributed by atoms with van der Waals surface area (Å²) in [5, 5.41) is 2.81. The van der Waals surface area contributed by atoms with Gasteiger partial charge in [0, 0.05) is 38.9 Å². The highest BCUT2D eigenvalue weighted by molar-refractivity contribution is 6.14. The minimum atomic E-state index is -0.422. The van der Waals surface area contributed by atoms with E-state index in [9.17, 15) is 4.79 Å². The number of hydrogen-bond donors (Lipinski definition) is 0. The molecule has 10 aromatic rings. The second-order valence-electron chi connectivity index (χ2n) is 15.4. The van der Waals surface area contributed by atoms with Crippen molar-refractivity contribution in [3.8, 4) is 33.6 Å². The molecule has 0 saturated heterocycles. The second kappa shape index (κ2) is 19.2. The number of furan rings is 1. The molecule has 3 aromatic heterocycles. The summed E-state index contributed by atoms with van der Waals surface area (Å²) in [4.78, 5) is 32.2. The molecule has 318 valence electrons. The fraction of sp³-hybridized carbons (Fsp3) is 0.138. The van der Waals surface area contributed by atoms with Crippen molar-refractivity contribution in [1.82, 2.24) is 19.4 Å². The summed E-state index contributed by atoms with van der Waals surface area (Å²) in [6.07, 6.45) is 6.57. The molecule has 0 saturated carbocycles. The van der Waals surface area contributed by atoms with Gasteiger partial charge in [-0.3, -0.25) is 0 Å². The zero-order valence-corrected chi connectivity index (χ0v) is 37.1. The van der Waals surface area contributed by atoms with E-state index >= 15 is 0 Å². The van der Waals surface area contributed by atoms with Gasteiger partial charge in [0.25, 0.3) is 0 Å². The van der Waals surface area contributed by atoms with Crippen LogP contribution in [0, 0.1) is 0 Å². The maximum Gasteiger partial charge on any atom is 0.356 e. The second-order valence-corrected chi connectivity index (χ2v) is 15.4. The highest BCUT2D eigenvalue weighted by Crippen LogP contribution is 2.39. The van der Waals surface area contributed by atoms with E-state index in [-0.39, 0.29) is 5.92 Å². The lowest BCUT2D eigenvalue weighted by atomic mass is 9.92. The molecule has 1 atom stereocenters. The highest BCUT2D eigenvalue weighted by atomic mass is 16.3. The van der Waals surface area contributed by atoms with Gasteiger partial charge in [-0.2, -0.15) is 4.98 Å². The first kappa shape index (κ1) is 42.3. The molecule has 4 heterocycles. The number of benzene rings is 7. The summed E-state index contributed by atoms with van der Waals surface area (Å²) in [6, 6.07) is 58.1. The van der Waals surface area contributed by atoms with Crippen molar-refractivity contribution in [2.75, 3.05) is 0 Å². The largest absolute Gasteiger partial charge is 0.456 e. The smallest absolute Gasteiger partial charge is 0.356 e. The van der Waals surface area contributed by atoms with Gasteiger partial charge in [-0.25, -0.2) is 24.2 Å². The number of nitrogens with zero attached hydrogens (tertiary/aromatic N) is 5. The predicted molar refractivity (Wildman–Crippen MR) is 268 cm³/mol. The maximum absolute atomic E-state index is 13.1. The first-order chi connectivity index (χ1) is 32.1. The average Bonchev–Trinajstić information content (AvgIpc) is 3.81. The van der Waals surface area contributed by atoms with Crippen LogP contribution < -0.4 is 5.69 Å². The number of rotatable bonds is 6. The van der Waals surface area contributed by atoms with E-state index in [4.69, 9.17) is 14.4 Å². The molecule has 0 bridgehead atoms. The summed E-state index contributed by atoms with van der Waals surface area (Å²) in [7, 11) is 0. The SMILES string of the molecule is CC.CC.O=c1nc(-c2ccccc2)nc2c3ccc(-c4cccc5oc6ccc(-c7cccc(C8=NC(c9ccccc9)=C=CC(c9ccccc9)CCC8)c7)cc6c45)cc3ncn12. The van der Waals surface area contributed by atoms with Crippen molar-refractivity contribution in [3.63, 3.8) is 0 Å². The molecule has 7 aromatic carbocycles. The van der Waals surface area contributed by atoms with Crippen LogP contribution >= 0.6 is 0 Å². The molecule has 7 nitrogen and oxygen atoms in total. The molecular formula is C58H49N5O2. The van der Waals surface area contributed by atoms with Crippen LogP contribution in [0.5, 0.6) is 0 Å². The first-order valence-corrected chi connectivity index (χ1v) is 22.6. The zero-order chi connectivity index (χ0) is 44.7. The summed E-state index contributed by atoms with van der Waals surface area (Å²) in [5.74, 6) is 0.649. The minimum Gasteiger partial charge on any atom is -0.456 e. The Balaban J connectivity index is 0.00000130. The van der Waals surface area contributed by atoms with Crippen molar-refractivity contribution in [2.45, 2.75) is 52.9 Å². The van der Waals surface area contributed by atoms with Crippen LogP contribution in [0.25, 0.3) is 77.8 Å². The lowest BCUT2D eigenvalue weighted by molar-refractivity contribution is 0.669. The Labute approximate surface area is 378 Å². The van der Waals surface area contributed by atoms with Crippen molar-refractivity contribution < 1.29 is 4.42 Å². The van der Waals surface area contributed by atoms with Crippen molar-refractivity contribution in [1.29, 1.82) is 0 Å². The molecular weight excluding hydrogens is 799 g/mol. The third-order valence-corrected chi connectivity index (χ3v) is 11.6. The number of fused-ring (bicyclic) bond motifs is 6. The van der Waals surface area contributed by atoms with E-state index in [0.717, 1.165) is 102 Å². The van der Waals surface area contributed by atoms with E-state index in [1.165, 1.54) is 16.3 Å². The third kappa shape index (κ3) is 8.58. The molecule has 0 N–H and O–H groups in total. The zero-order valence-electron chi connectivity index (χ0n) is 37.1. The summed E-state index contributed by atoms with van der Waals surface area (Å²) >= 11 is 0. The van der Waals surface area contributed by atoms with E-state index in [2.05, 4.69) is 137 Å². The van der Waals surface area contributed by atoms with E-state index in [1.807, 2.05) is 82.3 Å². The van der Waals surface area contributed by atoms with Crippen LogP contribution in [0.3, 0.4) is 0 Å². The molecule has 1 aliphatic heterocycles. The third-order valence-electron chi connectivity index (χ3n) is 11.6. The number of hydrogen-bond acceptors (Lipinski definition) is 6. The summed E-state index contributed by atoms with van der Waals surface area (Å²) < 4.78 is 7.87. The fourth-order valence-electron chi connectivity index (χ4n) is 8.56. The standard InChI is InChI=1S/C54H37N5O2.2C2H6/c60-54-58-52(38-17-8-3-9-18-38)57-53-44-28-25-41(33-48(44)55-34-59(53)54)43-22-12-24-50-51(43)45-32-40(27-30-49(45)61-50)39-20-10-21-42(31-39)46-23-11-19-36(35-13-4-1-5-14-35)26-29-47(56-46)37-15-6-2-7-16-37;2*1-2/h1-10,12-18,20-22,24-28,30-34,36H,11,19,23H2;2*1-2H3. The average molecular weight is 848 g/mol. The Morgan fingerprint density at radius 1 is 0.600 bits per heavy atom. The van der Waals surface area contributed by atoms with Crippen molar-refractivity contribution in [3.05, 3.63) is 215 Å². The molecule has 11 rings (SSSR count). The van der Waals surface area contributed by atoms with Gasteiger partial charge in [-0.1, -0.05) is 167 Å². The van der Waals surface area contributed by atoms with Crippen LogP contribution in [-0.4, -0.2) is 25.1 Å². The van der Waals surface area contributed by atoms with Crippen LogP contribution in [0.1, 0.15) is 69.6 Å². The van der Waals surface area contributed by atoms with Gasteiger partial charge in [-0.05, 0) is 95.1 Å². The van der Waals surface area contributed by atoms with Gasteiger partial charge < -0.3 is 4.42 Å². The Morgan fingerprint density at radius 3 is 2.06 bits per heavy atom.